The molecule has 2 aliphatic rings. The fourth-order valence-electron chi connectivity index (χ4n) is 3.15. The Morgan fingerprint density at radius 1 is 1.43 bits per heavy atom. The first-order chi connectivity index (χ1) is 11.3. The van der Waals surface area contributed by atoms with E-state index in [1.807, 2.05) is 11.3 Å². The normalized spacial score (nSPS) is 22.1. The van der Waals surface area contributed by atoms with E-state index in [0.29, 0.717) is 0 Å². The maximum Gasteiger partial charge on any atom is 0.191 e. The first-order valence-electron chi connectivity index (χ1n) is 8.76. The Hall–Kier alpha value is -0.720. The van der Waals surface area contributed by atoms with Crippen LogP contribution in [0.1, 0.15) is 30.2 Å². The zero-order valence-corrected chi connectivity index (χ0v) is 15.6. The molecule has 128 valence electrons. The quantitative estimate of drug-likeness (QED) is 0.610. The zero-order valence-electron chi connectivity index (χ0n) is 14.0. The SMILES string of the molecule is CCNC(=NCC1CCCS1)NCCN1CCc2sccc2C1. The standard InChI is InChI=1S/C17H28N4S2/c1-2-18-17(20-12-15-4-3-10-22-15)19-7-9-21-8-5-16-14(13-21)6-11-23-16/h6,11,15H,2-5,7-10,12-13H2,1H3,(H2,18,19,20). The molecule has 1 fully saturated rings. The van der Waals surface area contributed by atoms with Crippen molar-refractivity contribution in [1.82, 2.24) is 15.5 Å². The van der Waals surface area contributed by atoms with Crippen LogP contribution in [0.3, 0.4) is 0 Å². The van der Waals surface area contributed by atoms with Gasteiger partial charge in [0.15, 0.2) is 5.96 Å². The molecular weight excluding hydrogens is 324 g/mol. The van der Waals surface area contributed by atoms with Gasteiger partial charge in [0, 0.05) is 42.9 Å². The van der Waals surface area contributed by atoms with Gasteiger partial charge in [-0.2, -0.15) is 11.8 Å². The van der Waals surface area contributed by atoms with Gasteiger partial charge in [-0.25, -0.2) is 0 Å². The van der Waals surface area contributed by atoms with Gasteiger partial charge in [0.2, 0.25) is 0 Å². The molecule has 0 radical (unpaired) electrons. The average molecular weight is 353 g/mol. The summed E-state index contributed by atoms with van der Waals surface area (Å²) in [6, 6.07) is 2.28. The molecule has 6 heteroatoms. The van der Waals surface area contributed by atoms with Crippen molar-refractivity contribution in [3.05, 3.63) is 21.9 Å². The first-order valence-corrected chi connectivity index (χ1v) is 10.7. The van der Waals surface area contributed by atoms with Gasteiger partial charge in [-0.1, -0.05) is 0 Å². The third-order valence-corrected chi connectivity index (χ3v) is 6.83. The Morgan fingerprint density at radius 3 is 3.22 bits per heavy atom. The molecule has 2 N–H and O–H groups in total. The molecule has 0 amide bonds. The van der Waals surface area contributed by atoms with E-state index in [1.165, 1.54) is 37.1 Å². The van der Waals surface area contributed by atoms with E-state index < -0.39 is 0 Å². The van der Waals surface area contributed by atoms with Gasteiger partial charge in [0.1, 0.15) is 0 Å². The van der Waals surface area contributed by atoms with Crippen LogP contribution in [0.5, 0.6) is 0 Å². The van der Waals surface area contributed by atoms with Crippen LogP contribution in [0.25, 0.3) is 0 Å². The molecule has 1 aromatic heterocycles. The zero-order chi connectivity index (χ0) is 15.9. The fourth-order valence-corrected chi connectivity index (χ4v) is 5.22. The molecule has 1 saturated heterocycles. The van der Waals surface area contributed by atoms with Crippen molar-refractivity contribution in [3.63, 3.8) is 0 Å². The molecule has 1 unspecified atom stereocenters. The van der Waals surface area contributed by atoms with Crippen molar-refractivity contribution in [1.29, 1.82) is 0 Å². The summed E-state index contributed by atoms with van der Waals surface area (Å²) in [4.78, 5) is 8.88. The molecule has 3 rings (SSSR count). The van der Waals surface area contributed by atoms with Crippen molar-refractivity contribution >= 4 is 29.1 Å². The van der Waals surface area contributed by atoms with Crippen LogP contribution in [0.15, 0.2) is 16.4 Å². The second-order valence-corrected chi connectivity index (χ2v) is 8.59. The van der Waals surface area contributed by atoms with Crippen LogP contribution in [0.2, 0.25) is 0 Å². The molecular formula is C17H28N4S2. The first kappa shape index (κ1) is 17.1. The van der Waals surface area contributed by atoms with E-state index in [0.717, 1.165) is 43.9 Å². The highest BCUT2D eigenvalue weighted by atomic mass is 32.2. The summed E-state index contributed by atoms with van der Waals surface area (Å²) >= 11 is 3.98. The van der Waals surface area contributed by atoms with E-state index in [2.05, 4.69) is 45.7 Å². The summed E-state index contributed by atoms with van der Waals surface area (Å²) in [7, 11) is 0. The fraction of sp³-hybridized carbons (Fsp3) is 0.706. The van der Waals surface area contributed by atoms with Crippen LogP contribution < -0.4 is 10.6 Å². The number of nitrogens with zero attached hydrogens (tertiary/aromatic N) is 2. The third kappa shape index (κ3) is 5.13. The molecule has 2 aliphatic heterocycles. The van der Waals surface area contributed by atoms with Crippen LogP contribution in [-0.4, -0.2) is 54.6 Å². The average Bonchev–Trinajstić information content (AvgIpc) is 3.23. The predicted molar refractivity (Wildman–Crippen MR) is 103 cm³/mol. The number of guanidine groups is 1. The Bertz CT molecular complexity index is 508. The number of nitrogens with one attached hydrogen (secondary N) is 2. The van der Waals surface area contributed by atoms with Gasteiger partial charge in [-0.05, 0) is 48.9 Å². The summed E-state index contributed by atoms with van der Waals surface area (Å²) in [6.07, 6.45) is 3.89. The highest BCUT2D eigenvalue weighted by Crippen LogP contribution is 2.26. The number of thiophene rings is 1. The van der Waals surface area contributed by atoms with Gasteiger partial charge in [-0.3, -0.25) is 9.89 Å². The van der Waals surface area contributed by atoms with Crippen LogP contribution in [-0.2, 0) is 13.0 Å². The van der Waals surface area contributed by atoms with Gasteiger partial charge in [0.05, 0.1) is 6.54 Å². The highest BCUT2D eigenvalue weighted by Gasteiger charge is 2.17. The minimum atomic E-state index is 0.726. The summed E-state index contributed by atoms with van der Waals surface area (Å²) < 4.78 is 0. The molecule has 0 bridgehead atoms. The number of hydrogen-bond donors (Lipinski definition) is 2. The predicted octanol–water partition coefficient (Wildman–Crippen LogP) is 2.56. The maximum absolute atomic E-state index is 4.76. The molecule has 1 aromatic rings. The molecule has 23 heavy (non-hydrogen) atoms. The monoisotopic (exact) mass is 352 g/mol. The number of hydrogen-bond acceptors (Lipinski definition) is 4. The van der Waals surface area contributed by atoms with Crippen LogP contribution in [0.4, 0.5) is 0 Å². The third-order valence-electron chi connectivity index (χ3n) is 4.43. The Morgan fingerprint density at radius 2 is 2.39 bits per heavy atom. The molecule has 0 aliphatic carbocycles. The Labute approximate surface area is 148 Å². The minimum Gasteiger partial charge on any atom is -0.357 e. The summed E-state index contributed by atoms with van der Waals surface area (Å²) in [6.45, 7) is 8.33. The second kappa shape index (κ2) is 8.94. The molecule has 3 heterocycles. The number of rotatable bonds is 6. The van der Waals surface area contributed by atoms with Crippen molar-refractivity contribution in [2.45, 2.75) is 38.0 Å². The van der Waals surface area contributed by atoms with Gasteiger partial charge in [-0.15, -0.1) is 11.3 Å². The lowest BCUT2D eigenvalue weighted by Gasteiger charge is -2.27. The minimum absolute atomic E-state index is 0.726. The summed E-state index contributed by atoms with van der Waals surface area (Å²) in [5, 5.41) is 9.82. The molecule has 4 nitrogen and oxygen atoms in total. The van der Waals surface area contributed by atoms with Crippen molar-refractivity contribution in [2.75, 3.05) is 38.5 Å². The number of fused-ring (bicyclic) bond motifs is 1. The Kier molecular flexibility index (Phi) is 6.66. The van der Waals surface area contributed by atoms with Gasteiger partial charge in [0.25, 0.3) is 0 Å². The molecule has 0 saturated carbocycles. The molecule has 1 atom stereocenters. The van der Waals surface area contributed by atoms with Crippen molar-refractivity contribution in [2.24, 2.45) is 4.99 Å². The van der Waals surface area contributed by atoms with E-state index in [1.54, 1.807) is 4.88 Å². The highest BCUT2D eigenvalue weighted by molar-refractivity contribution is 8.00. The van der Waals surface area contributed by atoms with Gasteiger partial charge < -0.3 is 10.6 Å². The van der Waals surface area contributed by atoms with E-state index in [4.69, 9.17) is 4.99 Å². The van der Waals surface area contributed by atoms with Crippen molar-refractivity contribution in [3.8, 4) is 0 Å². The topological polar surface area (TPSA) is 39.7 Å². The lowest BCUT2D eigenvalue weighted by atomic mass is 10.1. The van der Waals surface area contributed by atoms with E-state index >= 15 is 0 Å². The van der Waals surface area contributed by atoms with Crippen LogP contribution in [0, 0.1) is 0 Å². The Balaban J connectivity index is 1.41. The molecule has 0 spiro atoms. The van der Waals surface area contributed by atoms with Crippen LogP contribution >= 0.6 is 23.1 Å². The van der Waals surface area contributed by atoms with E-state index in [9.17, 15) is 0 Å². The largest absolute Gasteiger partial charge is 0.357 e. The number of aliphatic imine (C=N–C) groups is 1. The second-order valence-electron chi connectivity index (χ2n) is 6.18. The van der Waals surface area contributed by atoms with E-state index in [-0.39, 0.29) is 0 Å². The molecule has 0 aromatic carbocycles. The smallest absolute Gasteiger partial charge is 0.191 e. The van der Waals surface area contributed by atoms with Gasteiger partial charge >= 0.3 is 0 Å². The summed E-state index contributed by atoms with van der Waals surface area (Å²) in [5.74, 6) is 2.29. The van der Waals surface area contributed by atoms with Crippen molar-refractivity contribution < 1.29 is 0 Å². The summed E-state index contributed by atoms with van der Waals surface area (Å²) in [5.41, 5.74) is 1.53. The maximum atomic E-state index is 4.76. The lowest BCUT2D eigenvalue weighted by molar-refractivity contribution is 0.260. The number of thioether (sulfide) groups is 1. The lowest BCUT2D eigenvalue weighted by Crippen LogP contribution is -2.42.